The summed E-state index contributed by atoms with van der Waals surface area (Å²) in [5, 5.41) is 9.51. The van der Waals surface area contributed by atoms with Crippen LogP contribution in [0.1, 0.15) is 70.4 Å². The molecule has 0 spiro atoms. The Bertz CT molecular complexity index is 717. The molecule has 2 aromatic rings. The van der Waals surface area contributed by atoms with Crippen molar-refractivity contribution >= 4 is 42.8 Å². The van der Waals surface area contributed by atoms with Gasteiger partial charge < -0.3 is 0 Å². The summed E-state index contributed by atoms with van der Waals surface area (Å²) in [6.45, 7) is 2.26. The molecule has 0 fully saturated rings. The summed E-state index contributed by atoms with van der Waals surface area (Å²) in [5.74, 6) is 6.40. The molecule has 0 bridgehead atoms. The van der Waals surface area contributed by atoms with E-state index < -0.39 is 0 Å². The summed E-state index contributed by atoms with van der Waals surface area (Å²) in [6.07, 6.45) is 11.5. The average molecular weight is 452 g/mol. The molecule has 1 aromatic carbocycles. The number of unbranched alkanes of at least 4 members (excludes halogenated alkanes) is 8. The van der Waals surface area contributed by atoms with Crippen molar-refractivity contribution < 1.29 is 0 Å². The average Bonchev–Trinajstić information content (AvgIpc) is 2.59. The third-order valence-corrected chi connectivity index (χ3v) is 5.32. The van der Waals surface area contributed by atoms with Gasteiger partial charge in [-0.15, -0.1) is 10.2 Å². The topological polar surface area (TPSA) is 25.8 Å². The second-order valence-electron chi connectivity index (χ2n) is 6.05. The largest absolute Gasteiger partial charge is 0.150 e. The summed E-state index contributed by atoms with van der Waals surface area (Å²) in [4.78, 5) is 0. The lowest BCUT2D eigenvalue weighted by Gasteiger charge is -2.02. The van der Waals surface area contributed by atoms with Gasteiger partial charge in [-0.1, -0.05) is 73.7 Å². The van der Waals surface area contributed by atoms with Gasteiger partial charge in [-0.25, -0.2) is 0 Å². The van der Waals surface area contributed by atoms with Gasteiger partial charge in [-0.2, -0.15) is 0 Å². The number of hydrogen-bond acceptors (Lipinski definition) is 2. The van der Waals surface area contributed by atoms with E-state index in [-0.39, 0.29) is 0 Å². The molecule has 0 aliphatic rings. The first-order valence-electron chi connectivity index (χ1n) is 8.82. The van der Waals surface area contributed by atoms with Crippen LogP contribution in [-0.2, 0) is 0 Å². The normalized spacial score (nSPS) is 10.6. The smallest absolute Gasteiger partial charge is 0.149 e. The first-order valence-corrected chi connectivity index (χ1v) is 10.4. The van der Waals surface area contributed by atoms with Crippen LogP contribution in [0.5, 0.6) is 0 Å². The standard InChI is InChI=1S/C20H24Br2N2/c1-2-3-4-5-6-7-8-9-10-11-12-19-20(22)17-15-16(21)13-14-18(17)23-24-19/h13-15H,2-10H2,1H3. The van der Waals surface area contributed by atoms with Gasteiger partial charge in [-0.05, 0) is 46.5 Å². The fourth-order valence-corrected chi connectivity index (χ4v) is 3.48. The fourth-order valence-electron chi connectivity index (χ4n) is 2.62. The van der Waals surface area contributed by atoms with Crippen LogP contribution in [0.15, 0.2) is 27.1 Å². The summed E-state index contributed by atoms with van der Waals surface area (Å²) >= 11 is 7.11. The molecule has 4 heteroatoms. The van der Waals surface area contributed by atoms with Gasteiger partial charge in [0.15, 0.2) is 5.69 Å². The zero-order valence-corrected chi connectivity index (χ0v) is 17.4. The predicted molar refractivity (Wildman–Crippen MR) is 109 cm³/mol. The molecule has 2 rings (SSSR count). The molecule has 2 nitrogen and oxygen atoms in total. The molecule has 1 aromatic heterocycles. The first-order chi connectivity index (χ1) is 11.7. The third kappa shape index (κ3) is 6.18. The van der Waals surface area contributed by atoms with Gasteiger partial charge in [0.1, 0.15) is 0 Å². The van der Waals surface area contributed by atoms with Crippen molar-refractivity contribution in [2.24, 2.45) is 0 Å². The molecule has 24 heavy (non-hydrogen) atoms. The maximum absolute atomic E-state index is 4.24. The summed E-state index contributed by atoms with van der Waals surface area (Å²) in [6, 6.07) is 5.96. The van der Waals surface area contributed by atoms with Crippen molar-refractivity contribution in [2.45, 2.75) is 64.7 Å². The quantitative estimate of drug-likeness (QED) is 0.317. The maximum atomic E-state index is 4.24. The number of halogens is 2. The van der Waals surface area contributed by atoms with E-state index in [4.69, 9.17) is 0 Å². The van der Waals surface area contributed by atoms with Gasteiger partial charge in [0.2, 0.25) is 0 Å². The Balaban J connectivity index is 1.79. The Morgan fingerprint density at radius 3 is 2.38 bits per heavy atom. The molecule has 0 aliphatic heterocycles. The zero-order chi connectivity index (χ0) is 17.2. The van der Waals surface area contributed by atoms with Gasteiger partial charge in [0.05, 0.1) is 9.99 Å². The Kier molecular flexibility index (Phi) is 8.77. The molecule has 0 amide bonds. The molecule has 128 valence electrons. The Morgan fingerprint density at radius 2 is 1.62 bits per heavy atom. The second kappa shape index (κ2) is 10.8. The van der Waals surface area contributed by atoms with Crippen LogP contribution in [0.3, 0.4) is 0 Å². The number of nitrogens with zero attached hydrogens (tertiary/aromatic N) is 2. The molecular formula is C20H24Br2N2. The van der Waals surface area contributed by atoms with E-state index in [1.165, 1.54) is 51.4 Å². The molecule has 1 heterocycles. The minimum absolute atomic E-state index is 0.722. The van der Waals surface area contributed by atoms with E-state index in [1.54, 1.807) is 0 Å². The van der Waals surface area contributed by atoms with Crippen LogP contribution < -0.4 is 0 Å². The highest BCUT2D eigenvalue weighted by atomic mass is 79.9. The van der Waals surface area contributed by atoms with Crippen molar-refractivity contribution in [3.05, 3.63) is 32.8 Å². The van der Waals surface area contributed by atoms with Gasteiger partial charge >= 0.3 is 0 Å². The van der Waals surface area contributed by atoms with Crippen LogP contribution in [0.25, 0.3) is 10.9 Å². The number of fused-ring (bicyclic) bond motifs is 1. The van der Waals surface area contributed by atoms with Crippen LogP contribution in [0.2, 0.25) is 0 Å². The van der Waals surface area contributed by atoms with Gasteiger partial charge in [0, 0.05) is 16.3 Å². The minimum atomic E-state index is 0.722. The molecule has 0 atom stereocenters. The highest BCUT2D eigenvalue weighted by Gasteiger charge is 2.06. The molecule has 0 unspecified atom stereocenters. The Hall–Kier alpha value is -0.920. The van der Waals surface area contributed by atoms with Gasteiger partial charge in [-0.3, -0.25) is 0 Å². The number of rotatable bonds is 8. The molecule has 0 saturated heterocycles. The Morgan fingerprint density at radius 1 is 0.917 bits per heavy atom. The van der Waals surface area contributed by atoms with E-state index in [0.717, 1.165) is 32.0 Å². The fraction of sp³-hybridized carbons (Fsp3) is 0.500. The molecular weight excluding hydrogens is 428 g/mol. The molecule has 0 N–H and O–H groups in total. The number of benzene rings is 1. The van der Waals surface area contributed by atoms with E-state index in [9.17, 15) is 0 Å². The van der Waals surface area contributed by atoms with E-state index in [2.05, 4.69) is 60.8 Å². The van der Waals surface area contributed by atoms with Crippen molar-refractivity contribution in [1.82, 2.24) is 10.2 Å². The summed E-state index contributed by atoms with van der Waals surface area (Å²) in [5.41, 5.74) is 1.60. The SMILES string of the molecule is CCCCCCCCCCC#Cc1nnc2ccc(Br)cc2c1Br. The summed E-state index contributed by atoms with van der Waals surface area (Å²) < 4.78 is 1.96. The number of hydrogen-bond donors (Lipinski definition) is 0. The lowest BCUT2D eigenvalue weighted by atomic mass is 10.1. The molecule has 0 radical (unpaired) electrons. The monoisotopic (exact) mass is 450 g/mol. The third-order valence-electron chi connectivity index (χ3n) is 4.02. The minimum Gasteiger partial charge on any atom is -0.149 e. The maximum Gasteiger partial charge on any atom is 0.150 e. The van der Waals surface area contributed by atoms with Crippen molar-refractivity contribution in [3.63, 3.8) is 0 Å². The highest BCUT2D eigenvalue weighted by Crippen LogP contribution is 2.27. The van der Waals surface area contributed by atoms with Crippen LogP contribution in [0.4, 0.5) is 0 Å². The molecule has 0 saturated carbocycles. The predicted octanol–water partition coefficient (Wildman–Crippen LogP) is 7.04. The lowest BCUT2D eigenvalue weighted by molar-refractivity contribution is 0.579. The summed E-state index contributed by atoms with van der Waals surface area (Å²) in [7, 11) is 0. The zero-order valence-electron chi connectivity index (χ0n) is 14.2. The molecule has 0 aliphatic carbocycles. The second-order valence-corrected chi connectivity index (χ2v) is 7.76. The van der Waals surface area contributed by atoms with Gasteiger partial charge in [0.25, 0.3) is 0 Å². The van der Waals surface area contributed by atoms with E-state index >= 15 is 0 Å². The van der Waals surface area contributed by atoms with Crippen LogP contribution in [-0.4, -0.2) is 10.2 Å². The van der Waals surface area contributed by atoms with Crippen LogP contribution in [0, 0.1) is 11.8 Å². The highest BCUT2D eigenvalue weighted by molar-refractivity contribution is 9.11. The van der Waals surface area contributed by atoms with Crippen molar-refractivity contribution in [3.8, 4) is 11.8 Å². The van der Waals surface area contributed by atoms with E-state index in [0.29, 0.717) is 0 Å². The van der Waals surface area contributed by atoms with Crippen molar-refractivity contribution in [2.75, 3.05) is 0 Å². The first kappa shape index (κ1) is 19.4. The Labute approximate surface area is 162 Å². The number of aromatic nitrogens is 2. The van der Waals surface area contributed by atoms with Crippen LogP contribution >= 0.6 is 31.9 Å². The van der Waals surface area contributed by atoms with Crippen molar-refractivity contribution in [1.29, 1.82) is 0 Å². The lowest BCUT2D eigenvalue weighted by Crippen LogP contribution is -1.91. The van der Waals surface area contributed by atoms with E-state index in [1.807, 2.05) is 18.2 Å².